The van der Waals surface area contributed by atoms with Gasteiger partial charge in [0.25, 0.3) is 0 Å². The molecule has 15 heavy (non-hydrogen) atoms. The summed E-state index contributed by atoms with van der Waals surface area (Å²) in [6, 6.07) is 2.30. The smallest absolute Gasteiger partial charge is 0.111 e. The zero-order valence-electron chi connectivity index (χ0n) is 9.51. The van der Waals surface area contributed by atoms with E-state index in [2.05, 4.69) is 13.0 Å². The van der Waals surface area contributed by atoms with Crippen molar-refractivity contribution in [2.75, 3.05) is 13.7 Å². The molecule has 0 aromatic carbocycles. The van der Waals surface area contributed by atoms with E-state index in [1.165, 1.54) is 36.1 Å². The average molecular weight is 225 g/mol. The third-order valence-corrected chi connectivity index (χ3v) is 4.84. The molecule has 84 valence electrons. The highest BCUT2D eigenvalue weighted by Gasteiger charge is 2.28. The van der Waals surface area contributed by atoms with Gasteiger partial charge in [-0.3, -0.25) is 0 Å². The first-order valence-electron chi connectivity index (χ1n) is 5.57. The van der Waals surface area contributed by atoms with Gasteiger partial charge in [0.1, 0.15) is 5.60 Å². The molecule has 3 heteroatoms. The molecule has 0 saturated heterocycles. The second kappa shape index (κ2) is 4.24. The first kappa shape index (κ1) is 11.1. The largest absolute Gasteiger partial charge is 0.372 e. The average Bonchev–Trinajstić information content (AvgIpc) is 2.72. The summed E-state index contributed by atoms with van der Waals surface area (Å²) in [4.78, 5) is 2.84. The summed E-state index contributed by atoms with van der Waals surface area (Å²) < 4.78 is 5.54. The monoisotopic (exact) mass is 225 g/mol. The fourth-order valence-corrected chi connectivity index (χ4v) is 3.42. The number of thiophene rings is 1. The lowest BCUT2D eigenvalue weighted by molar-refractivity contribution is 0.0132. The number of nitrogens with two attached hydrogens (primary N) is 1. The van der Waals surface area contributed by atoms with Crippen LogP contribution in [0.2, 0.25) is 0 Å². The van der Waals surface area contributed by atoms with Crippen molar-refractivity contribution >= 4 is 11.3 Å². The maximum absolute atomic E-state index is 5.79. The maximum atomic E-state index is 5.79. The minimum atomic E-state index is -0.290. The molecule has 2 nitrogen and oxygen atoms in total. The van der Waals surface area contributed by atoms with E-state index >= 15 is 0 Å². The van der Waals surface area contributed by atoms with Crippen molar-refractivity contribution in [3.8, 4) is 0 Å². The molecule has 0 aliphatic heterocycles. The van der Waals surface area contributed by atoms with Gasteiger partial charge in [-0.25, -0.2) is 0 Å². The van der Waals surface area contributed by atoms with Gasteiger partial charge in [-0.15, -0.1) is 11.3 Å². The Hall–Kier alpha value is -0.380. The zero-order chi connectivity index (χ0) is 10.9. The number of hydrogen-bond acceptors (Lipinski definition) is 3. The van der Waals surface area contributed by atoms with E-state index in [0.29, 0.717) is 6.54 Å². The third kappa shape index (κ3) is 1.96. The summed E-state index contributed by atoms with van der Waals surface area (Å²) in [6.07, 6.45) is 5.13. The zero-order valence-corrected chi connectivity index (χ0v) is 10.3. The summed E-state index contributed by atoms with van der Waals surface area (Å²) in [5, 5.41) is 0. The van der Waals surface area contributed by atoms with Gasteiger partial charge in [0.2, 0.25) is 0 Å². The van der Waals surface area contributed by atoms with Crippen LogP contribution in [0.25, 0.3) is 0 Å². The predicted molar refractivity (Wildman–Crippen MR) is 64.4 cm³/mol. The van der Waals surface area contributed by atoms with Crippen LogP contribution in [-0.4, -0.2) is 13.7 Å². The Morgan fingerprint density at radius 3 is 2.80 bits per heavy atom. The standard InChI is InChI=1S/C12H19NOS/c1-12(8-13,14-2)11-7-9-5-3-4-6-10(9)15-11/h7H,3-6,8,13H2,1-2H3. The van der Waals surface area contributed by atoms with Crippen LogP contribution in [-0.2, 0) is 23.2 Å². The Kier molecular flexibility index (Phi) is 3.14. The van der Waals surface area contributed by atoms with Crippen molar-refractivity contribution in [3.05, 3.63) is 21.4 Å². The minimum absolute atomic E-state index is 0.290. The highest BCUT2D eigenvalue weighted by Crippen LogP contribution is 2.36. The molecule has 1 unspecified atom stereocenters. The van der Waals surface area contributed by atoms with Crippen molar-refractivity contribution in [3.63, 3.8) is 0 Å². The molecule has 1 aromatic heterocycles. The molecule has 0 radical (unpaired) electrons. The van der Waals surface area contributed by atoms with Gasteiger partial charge >= 0.3 is 0 Å². The van der Waals surface area contributed by atoms with Crippen molar-refractivity contribution < 1.29 is 4.74 Å². The summed E-state index contributed by atoms with van der Waals surface area (Å²) in [5.74, 6) is 0. The first-order valence-corrected chi connectivity index (χ1v) is 6.38. The molecule has 0 saturated carbocycles. The predicted octanol–water partition coefficient (Wildman–Crippen LogP) is 2.45. The van der Waals surface area contributed by atoms with Gasteiger partial charge in [0.05, 0.1) is 0 Å². The summed E-state index contributed by atoms with van der Waals surface area (Å²) in [7, 11) is 1.74. The molecule has 1 aromatic rings. The van der Waals surface area contributed by atoms with Gasteiger partial charge in [-0.1, -0.05) is 0 Å². The van der Waals surface area contributed by atoms with Gasteiger partial charge in [-0.2, -0.15) is 0 Å². The fraction of sp³-hybridized carbons (Fsp3) is 0.667. The van der Waals surface area contributed by atoms with Crippen molar-refractivity contribution in [2.45, 2.75) is 38.2 Å². The van der Waals surface area contributed by atoms with Gasteiger partial charge in [0, 0.05) is 23.4 Å². The van der Waals surface area contributed by atoms with E-state index in [4.69, 9.17) is 10.5 Å². The maximum Gasteiger partial charge on any atom is 0.111 e. The molecule has 1 atom stereocenters. The second-order valence-corrected chi connectivity index (χ2v) is 5.54. The van der Waals surface area contributed by atoms with E-state index in [-0.39, 0.29) is 5.60 Å². The van der Waals surface area contributed by atoms with Crippen LogP contribution in [0.15, 0.2) is 6.07 Å². The Labute approximate surface area is 95.4 Å². The SMILES string of the molecule is COC(C)(CN)c1cc2c(s1)CCCC2. The van der Waals surface area contributed by atoms with E-state index in [0.717, 1.165) is 0 Å². The van der Waals surface area contributed by atoms with Crippen LogP contribution in [0.3, 0.4) is 0 Å². The molecule has 0 spiro atoms. The number of ether oxygens (including phenoxy) is 1. The number of rotatable bonds is 3. The quantitative estimate of drug-likeness (QED) is 0.857. The van der Waals surface area contributed by atoms with E-state index in [1.54, 1.807) is 12.0 Å². The number of aryl methyl sites for hydroxylation is 2. The molecular weight excluding hydrogens is 206 g/mol. The Bertz CT molecular complexity index is 318. The topological polar surface area (TPSA) is 35.2 Å². The van der Waals surface area contributed by atoms with E-state index in [1.807, 2.05) is 11.3 Å². The molecule has 2 N–H and O–H groups in total. The van der Waals surface area contributed by atoms with Crippen LogP contribution < -0.4 is 5.73 Å². The van der Waals surface area contributed by atoms with Gasteiger partial charge in [0.15, 0.2) is 0 Å². The van der Waals surface area contributed by atoms with E-state index in [9.17, 15) is 0 Å². The van der Waals surface area contributed by atoms with Crippen molar-refractivity contribution in [1.29, 1.82) is 0 Å². The van der Waals surface area contributed by atoms with Crippen LogP contribution in [0.1, 0.15) is 35.1 Å². The molecular formula is C12H19NOS. The van der Waals surface area contributed by atoms with Crippen molar-refractivity contribution in [2.24, 2.45) is 5.73 Å². The van der Waals surface area contributed by atoms with Gasteiger partial charge in [-0.05, 0) is 44.2 Å². The number of hydrogen-bond donors (Lipinski definition) is 1. The Balaban J connectivity index is 2.32. The lowest BCUT2D eigenvalue weighted by Crippen LogP contribution is -2.32. The van der Waals surface area contributed by atoms with Crippen molar-refractivity contribution in [1.82, 2.24) is 0 Å². The summed E-state index contributed by atoms with van der Waals surface area (Å²) in [5.41, 5.74) is 7.03. The third-order valence-electron chi connectivity index (χ3n) is 3.36. The minimum Gasteiger partial charge on any atom is -0.372 e. The van der Waals surface area contributed by atoms with Gasteiger partial charge < -0.3 is 10.5 Å². The molecule has 0 amide bonds. The van der Waals surface area contributed by atoms with Crippen LogP contribution in [0.4, 0.5) is 0 Å². The highest BCUT2D eigenvalue weighted by atomic mass is 32.1. The number of methoxy groups -OCH3 is 1. The van der Waals surface area contributed by atoms with Crippen LogP contribution in [0.5, 0.6) is 0 Å². The van der Waals surface area contributed by atoms with Crippen LogP contribution >= 0.6 is 11.3 Å². The molecule has 1 heterocycles. The fourth-order valence-electron chi connectivity index (χ4n) is 2.04. The molecule has 1 aliphatic rings. The lowest BCUT2D eigenvalue weighted by Gasteiger charge is -2.24. The Morgan fingerprint density at radius 1 is 1.47 bits per heavy atom. The first-order chi connectivity index (χ1) is 7.19. The number of fused-ring (bicyclic) bond motifs is 1. The molecule has 1 aliphatic carbocycles. The van der Waals surface area contributed by atoms with E-state index < -0.39 is 0 Å². The summed E-state index contributed by atoms with van der Waals surface area (Å²) >= 11 is 1.89. The molecule has 2 rings (SSSR count). The second-order valence-electron chi connectivity index (χ2n) is 4.41. The highest BCUT2D eigenvalue weighted by molar-refractivity contribution is 7.12. The normalized spacial score (nSPS) is 19.7. The van der Waals surface area contributed by atoms with Crippen LogP contribution in [0, 0.1) is 0 Å². The molecule has 0 fully saturated rings. The Morgan fingerprint density at radius 2 is 2.20 bits per heavy atom. The summed E-state index contributed by atoms with van der Waals surface area (Å²) in [6.45, 7) is 2.62. The lowest BCUT2D eigenvalue weighted by atomic mass is 9.97. The molecule has 0 bridgehead atoms.